The van der Waals surface area contributed by atoms with Gasteiger partial charge < -0.3 is 20.1 Å². The number of piperidine rings is 1. The second-order valence-corrected chi connectivity index (χ2v) is 9.01. The summed E-state index contributed by atoms with van der Waals surface area (Å²) in [6.45, 7) is 6.30. The van der Waals surface area contributed by atoms with Crippen molar-refractivity contribution in [3.8, 4) is 22.8 Å². The molecule has 5 rings (SSSR count). The maximum Gasteiger partial charge on any atom is 0.250 e. The van der Waals surface area contributed by atoms with Crippen molar-refractivity contribution in [3.05, 3.63) is 36.0 Å². The zero-order chi connectivity index (χ0) is 22.9. The largest absolute Gasteiger partial charge is 0.479 e. The summed E-state index contributed by atoms with van der Waals surface area (Å²) in [6.07, 6.45) is 8.44. The monoisotopic (exact) mass is 455 g/mol. The number of methoxy groups -OCH3 is 1. The molecule has 2 aliphatic heterocycles. The van der Waals surface area contributed by atoms with Gasteiger partial charge in [0.2, 0.25) is 5.88 Å². The predicted molar refractivity (Wildman–Crippen MR) is 122 cm³/mol. The molecule has 3 atom stereocenters. The van der Waals surface area contributed by atoms with E-state index < -0.39 is 5.82 Å². The molecule has 1 saturated heterocycles. The summed E-state index contributed by atoms with van der Waals surface area (Å²) in [5.74, 6) is 0.782. The Morgan fingerprint density at radius 3 is 2.82 bits per heavy atom. The molecule has 3 aromatic heterocycles. The number of halogens is 1. The summed E-state index contributed by atoms with van der Waals surface area (Å²) >= 11 is 0. The molecule has 33 heavy (non-hydrogen) atoms. The first-order chi connectivity index (χ1) is 16.0. The van der Waals surface area contributed by atoms with E-state index in [4.69, 9.17) is 14.6 Å². The Labute approximate surface area is 192 Å². The van der Waals surface area contributed by atoms with Gasteiger partial charge in [0.15, 0.2) is 5.82 Å². The summed E-state index contributed by atoms with van der Waals surface area (Å²) in [4.78, 5) is 4.07. The number of rotatable bonds is 5. The molecule has 0 aliphatic carbocycles. The summed E-state index contributed by atoms with van der Waals surface area (Å²) in [5, 5.41) is 16.3. The van der Waals surface area contributed by atoms with Gasteiger partial charge >= 0.3 is 0 Å². The van der Waals surface area contributed by atoms with Crippen LogP contribution in [0.4, 0.5) is 10.2 Å². The fourth-order valence-corrected chi connectivity index (χ4v) is 5.05. The summed E-state index contributed by atoms with van der Waals surface area (Å²) in [5.41, 5.74) is 3.28. The van der Waals surface area contributed by atoms with Crippen LogP contribution in [0.1, 0.15) is 32.3 Å². The SMILES string of the molecule is COc1ncc(-n2nc(-c3cnn(C[C@H]4C[C@@H](C)N[C@@H](C)C4)c3)c3c2NCOCC3)cc1F. The maximum absolute atomic E-state index is 14.4. The van der Waals surface area contributed by atoms with E-state index in [0.717, 1.165) is 42.0 Å². The van der Waals surface area contributed by atoms with Crippen LogP contribution >= 0.6 is 0 Å². The molecule has 10 heteroatoms. The van der Waals surface area contributed by atoms with Gasteiger partial charge in [-0.2, -0.15) is 10.2 Å². The molecular formula is C23H30FN7O2. The first-order valence-corrected chi connectivity index (χ1v) is 11.4. The van der Waals surface area contributed by atoms with Crippen LogP contribution in [0.5, 0.6) is 5.88 Å². The van der Waals surface area contributed by atoms with Crippen molar-refractivity contribution in [2.45, 2.75) is 51.7 Å². The van der Waals surface area contributed by atoms with Crippen molar-refractivity contribution < 1.29 is 13.9 Å². The van der Waals surface area contributed by atoms with Crippen molar-refractivity contribution in [2.24, 2.45) is 5.92 Å². The first kappa shape index (κ1) is 21.8. The number of pyridine rings is 1. The van der Waals surface area contributed by atoms with E-state index in [1.54, 1.807) is 10.9 Å². The fourth-order valence-electron chi connectivity index (χ4n) is 5.05. The van der Waals surface area contributed by atoms with E-state index >= 15 is 0 Å². The Bertz CT molecular complexity index is 1120. The molecule has 0 saturated carbocycles. The van der Waals surface area contributed by atoms with Gasteiger partial charge in [-0.25, -0.2) is 14.1 Å². The highest BCUT2D eigenvalue weighted by Gasteiger charge is 2.26. The average molecular weight is 456 g/mol. The third-order valence-electron chi connectivity index (χ3n) is 6.35. The van der Waals surface area contributed by atoms with Gasteiger partial charge in [0.1, 0.15) is 18.2 Å². The second-order valence-electron chi connectivity index (χ2n) is 9.01. The normalized spacial score (nSPS) is 23.0. The van der Waals surface area contributed by atoms with Crippen molar-refractivity contribution in [1.29, 1.82) is 0 Å². The van der Waals surface area contributed by atoms with E-state index in [1.807, 2.05) is 10.9 Å². The van der Waals surface area contributed by atoms with Crippen LogP contribution in [0, 0.1) is 11.7 Å². The highest BCUT2D eigenvalue weighted by Crippen LogP contribution is 2.33. The predicted octanol–water partition coefficient (Wildman–Crippen LogP) is 3.00. The molecular weight excluding hydrogens is 425 g/mol. The van der Waals surface area contributed by atoms with Crippen LogP contribution < -0.4 is 15.4 Å². The molecule has 1 fully saturated rings. The third kappa shape index (κ3) is 4.45. The highest BCUT2D eigenvalue weighted by atomic mass is 19.1. The molecule has 0 unspecified atom stereocenters. The lowest BCUT2D eigenvalue weighted by atomic mass is 9.89. The number of hydrogen-bond donors (Lipinski definition) is 2. The molecule has 2 aliphatic rings. The van der Waals surface area contributed by atoms with Crippen molar-refractivity contribution in [3.63, 3.8) is 0 Å². The van der Waals surface area contributed by atoms with E-state index in [0.29, 0.717) is 43.4 Å². The third-order valence-corrected chi connectivity index (χ3v) is 6.35. The summed E-state index contributed by atoms with van der Waals surface area (Å²) in [6, 6.07) is 2.41. The second kappa shape index (κ2) is 9.11. The molecule has 2 N–H and O–H groups in total. The van der Waals surface area contributed by atoms with Gasteiger partial charge in [-0.05, 0) is 32.6 Å². The number of hydrogen-bond acceptors (Lipinski definition) is 7. The summed E-state index contributed by atoms with van der Waals surface area (Å²) in [7, 11) is 1.39. The van der Waals surface area contributed by atoms with E-state index in [1.165, 1.54) is 13.2 Å². The van der Waals surface area contributed by atoms with Gasteiger partial charge in [0.05, 0.1) is 31.8 Å². The minimum Gasteiger partial charge on any atom is -0.479 e. The molecule has 0 aromatic carbocycles. The lowest BCUT2D eigenvalue weighted by molar-refractivity contribution is 0.159. The quantitative estimate of drug-likeness (QED) is 0.611. The number of nitrogens with one attached hydrogen (secondary N) is 2. The van der Waals surface area contributed by atoms with Gasteiger partial charge in [-0.15, -0.1) is 0 Å². The molecule has 0 bridgehead atoms. The number of anilines is 1. The highest BCUT2D eigenvalue weighted by molar-refractivity contribution is 5.70. The van der Waals surface area contributed by atoms with Crippen LogP contribution in [-0.2, 0) is 17.7 Å². The van der Waals surface area contributed by atoms with Crippen LogP contribution in [-0.4, -0.2) is 57.1 Å². The van der Waals surface area contributed by atoms with Crippen LogP contribution in [0.2, 0.25) is 0 Å². The maximum atomic E-state index is 14.4. The number of ether oxygens (including phenoxy) is 2. The van der Waals surface area contributed by atoms with Gasteiger partial charge in [-0.3, -0.25) is 4.68 Å². The van der Waals surface area contributed by atoms with Crippen molar-refractivity contribution in [2.75, 3.05) is 25.8 Å². The van der Waals surface area contributed by atoms with Gasteiger partial charge in [-0.1, -0.05) is 0 Å². The van der Waals surface area contributed by atoms with Crippen molar-refractivity contribution >= 4 is 5.82 Å². The smallest absolute Gasteiger partial charge is 0.250 e. The number of aromatic nitrogens is 5. The van der Waals surface area contributed by atoms with E-state index in [2.05, 4.69) is 40.8 Å². The van der Waals surface area contributed by atoms with Gasteiger partial charge in [0, 0.05) is 48.4 Å². The average Bonchev–Trinajstić information content (AvgIpc) is 3.29. The molecule has 3 aromatic rings. The first-order valence-electron chi connectivity index (χ1n) is 11.4. The van der Waals surface area contributed by atoms with E-state index in [9.17, 15) is 4.39 Å². The Balaban J connectivity index is 1.47. The van der Waals surface area contributed by atoms with Crippen LogP contribution in [0.15, 0.2) is 24.7 Å². The number of nitrogens with zero attached hydrogens (tertiary/aromatic N) is 5. The fraction of sp³-hybridized carbons (Fsp3) is 0.522. The standard InChI is InChI=1S/C23H30FN7O2/c1-14-6-16(7-15(2)28-14)11-30-12-17(9-27-30)21-19-4-5-33-13-26-22(19)31(29-21)18-8-20(24)23(32-3)25-10-18/h8-10,12,14-16,26,28H,4-7,11,13H2,1-3H3/t14-,15+,16+. The van der Waals surface area contributed by atoms with Crippen LogP contribution in [0.3, 0.4) is 0 Å². The minimum atomic E-state index is -0.538. The lowest BCUT2D eigenvalue weighted by Crippen LogP contribution is -2.43. The molecule has 0 amide bonds. The molecule has 0 radical (unpaired) electrons. The minimum absolute atomic E-state index is 0.0451. The van der Waals surface area contributed by atoms with Gasteiger partial charge in [0.25, 0.3) is 0 Å². The molecule has 9 nitrogen and oxygen atoms in total. The van der Waals surface area contributed by atoms with Crippen molar-refractivity contribution in [1.82, 2.24) is 29.9 Å². The Kier molecular flexibility index (Phi) is 6.03. The number of fused-ring (bicyclic) bond motifs is 1. The Morgan fingerprint density at radius 1 is 1.24 bits per heavy atom. The summed E-state index contributed by atoms with van der Waals surface area (Å²) < 4.78 is 28.6. The lowest BCUT2D eigenvalue weighted by Gasteiger charge is -2.32. The molecule has 176 valence electrons. The van der Waals surface area contributed by atoms with E-state index in [-0.39, 0.29) is 5.88 Å². The Morgan fingerprint density at radius 2 is 2.06 bits per heavy atom. The molecule has 0 spiro atoms. The topological polar surface area (TPSA) is 91.0 Å². The Hall–Kier alpha value is -2.98. The zero-order valence-electron chi connectivity index (χ0n) is 19.2. The molecule has 5 heterocycles. The zero-order valence-corrected chi connectivity index (χ0v) is 19.2. The van der Waals surface area contributed by atoms with Crippen LogP contribution in [0.25, 0.3) is 16.9 Å².